The van der Waals surface area contributed by atoms with Gasteiger partial charge in [-0.1, -0.05) is 12.1 Å². The summed E-state index contributed by atoms with van der Waals surface area (Å²) in [5.41, 5.74) is 4.16. The van der Waals surface area contributed by atoms with E-state index in [4.69, 9.17) is 0 Å². The van der Waals surface area contributed by atoms with Crippen LogP contribution in [0.1, 0.15) is 12.0 Å². The van der Waals surface area contributed by atoms with E-state index >= 15 is 0 Å². The third-order valence-electron chi connectivity index (χ3n) is 4.76. The van der Waals surface area contributed by atoms with Crippen molar-refractivity contribution >= 4 is 11.7 Å². The van der Waals surface area contributed by atoms with Crippen LogP contribution in [0.25, 0.3) is 11.1 Å². The lowest BCUT2D eigenvalue weighted by Crippen LogP contribution is -2.34. The van der Waals surface area contributed by atoms with Gasteiger partial charge in [-0.2, -0.15) is 0 Å². The predicted octanol–water partition coefficient (Wildman–Crippen LogP) is 3.54. The summed E-state index contributed by atoms with van der Waals surface area (Å²) in [5.74, 6) is 1.52. The molecule has 1 aromatic carbocycles. The highest BCUT2D eigenvalue weighted by Gasteiger charge is 2.46. The molecule has 1 aliphatic heterocycles. The molecule has 2 amide bonds. The normalized spacial score (nSPS) is 22.3. The Morgan fingerprint density at radius 1 is 1.14 bits per heavy atom. The summed E-state index contributed by atoms with van der Waals surface area (Å²) in [7, 11) is 0. The van der Waals surface area contributed by atoms with E-state index in [-0.39, 0.29) is 6.03 Å². The Hall–Kier alpha value is -2.36. The monoisotopic (exact) mass is 293 g/mol. The summed E-state index contributed by atoms with van der Waals surface area (Å²) in [6.07, 6.45) is 4.87. The largest absolute Gasteiger partial charge is 0.324 e. The molecule has 4 nitrogen and oxygen atoms in total. The highest BCUT2D eigenvalue weighted by Crippen LogP contribution is 2.45. The maximum atomic E-state index is 12.4. The minimum atomic E-state index is 0.0298. The first-order valence-electron chi connectivity index (χ1n) is 7.77. The number of rotatable bonds is 2. The highest BCUT2D eigenvalue weighted by atomic mass is 16.2. The molecule has 0 radical (unpaired) electrons. The summed E-state index contributed by atoms with van der Waals surface area (Å²) < 4.78 is 0. The lowest BCUT2D eigenvalue weighted by atomic mass is 10.0. The highest BCUT2D eigenvalue weighted by molar-refractivity contribution is 5.91. The lowest BCUT2D eigenvalue weighted by Gasteiger charge is -2.20. The first-order valence-corrected chi connectivity index (χ1v) is 7.77. The van der Waals surface area contributed by atoms with E-state index in [1.807, 2.05) is 36.1 Å². The van der Waals surface area contributed by atoms with Gasteiger partial charge in [0.1, 0.15) is 0 Å². The van der Waals surface area contributed by atoms with Gasteiger partial charge in [-0.05, 0) is 60.1 Å². The number of fused-ring (bicyclic) bond motifs is 1. The Bertz CT molecular complexity index is 704. The fourth-order valence-corrected chi connectivity index (χ4v) is 3.24. The number of likely N-dealkylation sites (tertiary alicyclic amines) is 1. The number of urea groups is 1. The fraction of sp³-hybridized carbons (Fsp3) is 0.333. The van der Waals surface area contributed by atoms with Gasteiger partial charge in [0.2, 0.25) is 0 Å². The first-order chi connectivity index (χ1) is 10.7. The zero-order valence-electron chi connectivity index (χ0n) is 12.6. The molecule has 1 saturated heterocycles. The van der Waals surface area contributed by atoms with Gasteiger partial charge >= 0.3 is 6.03 Å². The molecule has 4 heteroatoms. The number of aromatic nitrogens is 1. The van der Waals surface area contributed by atoms with Crippen LogP contribution in [0, 0.1) is 18.8 Å². The van der Waals surface area contributed by atoms with Crippen molar-refractivity contribution in [2.24, 2.45) is 11.8 Å². The Balaban J connectivity index is 1.54. The van der Waals surface area contributed by atoms with Crippen molar-refractivity contribution in [1.82, 2.24) is 9.88 Å². The summed E-state index contributed by atoms with van der Waals surface area (Å²) in [4.78, 5) is 18.4. The zero-order chi connectivity index (χ0) is 15.1. The van der Waals surface area contributed by atoms with Gasteiger partial charge in [0.25, 0.3) is 0 Å². The number of piperidine rings is 1. The van der Waals surface area contributed by atoms with Crippen molar-refractivity contribution in [3.63, 3.8) is 0 Å². The average Bonchev–Trinajstić information content (AvgIpc) is 3.16. The Labute approximate surface area is 130 Å². The number of nitrogens with one attached hydrogen (secondary N) is 1. The molecule has 2 aliphatic rings. The van der Waals surface area contributed by atoms with Crippen molar-refractivity contribution in [2.45, 2.75) is 13.3 Å². The van der Waals surface area contributed by atoms with E-state index in [2.05, 4.69) is 16.4 Å². The molecule has 2 unspecified atom stereocenters. The molecule has 0 spiro atoms. The molecule has 22 heavy (non-hydrogen) atoms. The molecule has 1 aromatic heterocycles. The van der Waals surface area contributed by atoms with Gasteiger partial charge in [-0.15, -0.1) is 0 Å². The second kappa shape index (κ2) is 5.13. The van der Waals surface area contributed by atoms with Gasteiger partial charge in [0.05, 0.1) is 0 Å². The van der Waals surface area contributed by atoms with Crippen molar-refractivity contribution in [2.75, 3.05) is 18.4 Å². The van der Waals surface area contributed by atoms with E-state index in [0.717, 1.165) is 47.3 Å². The fourth-order valence-electron chi connectivity index (χ4n) is 3.24. The Morgan fingerprint density at radius 2 is 1.86 bits per heavy atom. The molecule has 1 aliphatic carbocycles. The van der Waals surface area contributed by atoms with E-state index in [1.165, 1.54) is 6.42 Å². The predicted molar refractivity (Wildman–Crippen MR) is 86.6 cm³/mol. The number of nitrogens with zero attached hydrogens (tertiary/aromatic N) is 2. The van der Waals surface area contributed by atoms with Crippen molar-refractivity contribution < 1.29 is 4.79 Å². The Morgan fingerprint density at radius 3 is 2.59 bits per heavy atom. The average molecular weight is 293 g/mol. The quantitative estimate of drug-likeness (QED) is 0.920. The van der Waals surface area contributed by atoms with Crippen LogP contribution >= 0.6 is 0 Å². The van der Waals surface area contributed by atoms with Crippen LogP contribution in [-0.4, -0.2) is 29.0 Å². The molecule has 4 rings (SSSR count). The molecule has 112 valence electrons. The number of carbonyl (C=O) groups excluding carboxylic acids is 1. The smallest absolute Gasteiger partial charge is 0.321 e. The van der Waals surface area contributed by atoms with Gasteiger partial charge in [-0.25, -0.2) is 4.79 Å². The number of carbonyl (C=O) groups is 1. The standard InChI is InChI=1S/C18H19N3O/c1-12-2-3-14(13-4-6-19-7-5-13)9-17(12)20-18(22)21-10-15-8-16(15)11-21/h2-7,9,15-16H,8,10-11H2,1H3,(H,20,22). The summed E-state index contributed by atoms with van der Waals surface area (Å²) in [6.45, 7) is 3.85. The van der Waals surface area contributed by atoms with E-state index in [1.54, 1.807) is 12.4 Å². The Kier molecular flexibility index (Phi) is 3.10. The maximum Gasteiger partial charge on any atom is 0.321 e. The van der Waals surface area contributed by atoms with Crippen LogP contribution in [0.5, 0.6) is 0 Å². The molecule has 2 atom stereocenters. The minimum absolute atomic E-state index is 0.0298. The van der Waals surface area contributed by atoms with Gasteiger partial charge in [0, 0.05) is 31.2 Å². The van der Waals surface area contributed by atoms with E-state index in [9.17, 15) is 4.79 Å². The molecule has 2 aromatic rings. The number of anilines is 1. The van der Waals surface area contributed by atoms with Crippen molar-refractivity contribution in [3.05, 3.63) is 48.3 Å². The van der Waals surface area contributed by atoms with Crippen molar-refractivity contribution in [3.8, 4) is 11.1 Å². The number of aryl methyl sites for hydroxylation is 1. The van der Waals surface area contributed by atoms with E-state index in [0.29, 0.717) is 0 Å². The molecular weight excluding hydrogens is 274 g/mol. The zero-order valence-corrected chi connectivity index (χ0v) is 12.6. The lowest BCUT2D eigenvalue weighted by molar-refractivity contribution is 0.217. The molecule has 0 bridgehead atoms. The third kappa shape index (κ3) is 2.45. The van der Waals surface area contributed by atoms with Crippen LogP contribution in [-0.2, 0) is 0 Å². The molecular formula is C18H19N3O. The van der Waals surface area contributed by atoms with Gasteiger partial charge in [-0.3, -0.25) is 4.98 Å². The second-order valence-electron chi connectivity index (χ2n) is 6.36. The SMILES string of the molecule is Cc1ccc(-c2ccncc2)cc1NC(=O)N1CC2CC2C1. The third-order valence-corrected chi connectivity index (χ3v) is 4.76. The van der Waals surface area contributed by atoms with Crippen LogP contribution in [0.15, 0.2) is 42.7 Å². The van der Waals surface area contributed by atoms with Gasteiger partial charge in [0.15, 0.2) is 0 Å². The molecule has 2 fully saturated rings. The number of hydrogen-bond acceptors (Lipinski definition) is 2. The summed E-state index contributed by atoms with van der Waals surface area (Å²) in [6, 6.07) is 10.1. The van der Waals surface area contributed by atoms with Crippen molar-refractivity contribution in [1.29, 1.82) is 0 Å². The van der Waals surface area contributed by atoms with Crippen LogP contribution in [0.3, 0.4) is 0 Å². The number of benzene rings is 1. The van der Waals surface area contributed by atoms with Crippen LogP contribution < -0.4 is 5.32 Å². The number of pyridine rings is 1. The molecule has 2 heterocycles. The van der Waals surface area contributed by atoms with E-state index < -0.39 is 0 Å². The molecule has 1 N–H and O–H groups in total. The summed E-state index contributed by atoms with van der Waals surface area (Å²) >= 11 is 0. The molecule has 1 saturated carbocycles. The maximum absolute atomic E-state index is 12.4. The number of hydrogen-bond donors (Lipinski definition) is 1. The van der Waals surface area contributed by atoms with Crippen LogP contribution in [0.4, 0.5) is 10.5 Å². The number of amides is 2. The minimum Gasteiger partial charge on any atom is -0.324 e. The van der Waals surface area contributed by atoms with Gasteiger partial charge < -0.3 is 10.2 Å². The van der Waals surface area contributed by atoms with Crippen LogP contribution in [0.2, 0.25) is 0 Å². The first kappa shape index (κ1) is 13.3. The topological polar surface area (TPSA) is 45.2 Å². The summed E-state index contributed by atoms with van der Waals surface area (Å²) in [5, 5.41) is 3.07. The second-order valence-corrected chi connectivity index (χ2v) is 6.36.